The standard InChI is InChI=1S/C11H11ClN2O/c1-7(13-15)10-6-14(2)11-5-8(12)3-4-9(10)11/h3-6,15H,1-2H3/b13-7+. The van der Waals surface area contributed by atoms with Crippen molar-refractivity contribution in [1.29, 1.82) is 0 Å². The number of aromatic nitrogens is 1. The first-order valence-electron chi connectivity index (χ1n) is 4.57. The van der Waals surface area contributed by atoms with E-state index in [4.69, 9.17) is 16.8 Å². The molecule has 4 heteroatoms. The van der Waals surface area contributed by atoms with Gasteiger partial charge in [0.05, 0.1) is 5.71 Å². The van der Waals surface area contributed by atoms with Gasteiger partial charge < -0.3 is 9.77 Å². The Labute approximate surface area is 92.6 Å². The Kier molecular flexibility index (Phi) is 2.40. The van der Waals surface area contributed by atoms with E-state index in [9.17, 15) is 0 Å². The minimum atomic E-state index is 0.600. The molecule has 1 aromatic heterocycles. The number of rotatable bonds is 1. The van der Waals surface area contributed by atoms with Crippen LogP contribution in [0.2, 0.25) is 5.02 Å². The van der Waals surface area contributed by atoms with Gasteiger partial charge in [0.25, 0.3) is 0 Å². The number of aryl methyl sites for hydroxylation is 1. The molecule has 3 nitrogen and oxygen atoms in total. The zero-order chi connectivity index (χ0) is 11.0. The Hall–Kier alpha value is -1.48. The summed E-state index contributed by atoms with van der Waals surface area (Å²) in [5, 5.41) is 13.7. The second-order valence-corrected chi connectivity index (χ2v) is 3.94. The maximum Gasteiger partial charge on any atom is 0.0858 e. The van der Waals surface area contributed by atoms with Crippen LogP contribution in [-0.2, 0) is 7.05 Å². The van der Waals surface area contributed by atoms with Crippen LogP contribution in [0.25, 0.3) is 10.9 Å². The molecule has 2 rings (SSSR count). The second-order valence-electron chi connectivity index (χ2n) is 3.50. The summed E-state index contributed by atoms with van der Waals surface area (Å²) < 4.78 is 1.96. The van der Waals surface area contributed by atoms with Crippen molar-refractivity contribution in [3.8, 4) is 0 Å². The van der Waals surface area contributed by atoms with Crippen LogP contribution in [0, 0.1) is 0 Å². The molecular formula is C11H11ClN2O. The third-order valence-corrected chi connectivity index (χ3v) is 2.73. The van der Waals surface area contributed by atoms with Crippen LogP contribution in [0.5, 0.6) is 0 Å². The monoisotopic (exact) mass is 222 g/mol. The van der Waals surface area contributed by atoms with Crippen LogP contribution in [0.1, 0.15) is 12.5 Å². The quantitative estimate of drug-likeness (QED) is 0.450. The molecule has 0 unspecified atom stereocenters. The zero-order valence-corrected chi connectivity index (χ0v) is 9.28. The molecule has 0 atom stereocenters. The van der Waals surface area contributed by atoms with E-state index in [0.717, 1.165) is 16.5 Å². The number of hydrogen-bond donors (Lipinski definition) is 1. The van der Waals surface area contributed by atoms with E-state index in [1.807, 2.05) is 36.0 Å². The van der Waals surface area contributed by atoms with Crippen LogP contribution in [0.3, 0.4) is 0 Å². The summed E-state index contributed by atoms with van der Waals surface area (Å²) in [6.07, 6.45) is 1.93. The maximum absolute atomic E-state index is 8.76. The lowest BCUT2D eigenvalue weighted by molar-refractivity contribution is 0.319. The summed E-state index contributed by atoms with van der Waals surface area (Å²) in [5.74, 6) is 0. The Morgan fingerprint density at radius 1 is 1.47 bits per heavy atom. The summed E-state index contributed by atoms with van der Waals surface area (Å²) in [7, 11) is 1.94. The average Bonchev–Trinajstić information content (AvgIpc) is 2.55. The maximum atomic E-state index is 8.76. The molecule has 0 aliphatic carbocycles. The highest BCUT2D eigenvalue weighted by Gasteiger charge is 2.09. The van der Waals surface area contributed by atoms with Gasteiger partial charge in [0.15, 0.2) is 0 Å². The van der Waals surface area contributed by atoms with Crippen molar-refractivity contribution >= 4 is 28.2 Å². The van der Waals surface area contributed by atoms with Crippen molar-refractivity contribution in [2.45, 2.75) is 6.92 Å². The molecule has 0 bridgehead atoms. The third-order valence-electron chi connectivity index (χ3n) is 2.49. The summed E-state index contributed by atoms with van der Waals surface area (Å²) in [5.41, 5.74) is 2.55. The normalized spacial score (nSPS) is 12.3. The lowest BCUT2D eigenvalue weighted by atomic mass is 10.1. The van der Waals surface area contributed by atoms with Gasteiger partial charge in [-0.25, -0.2) is 0 Å². The van der Waals surface area contributed by atoms with Gasteiger partial charge >= 0.3 is 0 Å². The molecule has 0 fully saturated rings. The van der Waals surface area contributed by atoms with E-state index in [0.29, 0.717) is 10.7 Å². The van der Waals surface area contributed by atoms with Crippen LogP contribution in [0.15, 0.2) is 29.6 Å². The number of benzene rings is 1. The number of halogens is 1. The highest BCUT2D eigenvalue weighted by atomic mass is 35.5. The lowest BCUT2D eigenvalue weighted by Crippen LogP contribution is -1.92. The minimum Gasteiger partial charge on any atom is -0.411 e. The fourth-order valence-corrected chi connectivity index (χ4v) is 1.87. The van der Waals surface area contributed by atoms with E-state index in [1.54, 1.807) is 6.92 Å². The molecule has 0 saturated heterocycles. The SMILES string of the molecule is C/C(=N\O)c1cn(C)c2cc(Cl)ccc12. The smallest absolute Gasteiger partial charge is 0.0858 e. The van der Waals surface area contributed by atoms with Gasteiger partial charge in [-0.15, -0.1) is 0 Å². The van der Waals surface area contributed by atoms with E-state index in [1.165, 1.54) is 0 Å². The molecule has 0 radical (unpaired) electrons. The van der Waals surface area contributed by atoms with Gasteiger partial charge in [-0.2, -0.15) is 0 Å². The molecule has 0 aliphatic rings. The van der Waals surface area contributed by atoms with E-state index < -0.39 is 0 Å². The van der Waals surface area contributed by atoms with Crippen LogP contribution in [-0.4, -0.2) is 15.5 Å². The van der Waals surface area contributed by atoms with Crippen molar-refractivity contribution in [3.05, 3.63) is 35.0 Å². The van der Waals surface area contributed by atoms with Crippen molar-refractivity contribution in [3.63, 3.8) is 0 Å². The number of oxime groups is 1. The van der Waals surface area contributed by atoms with E-state index >= 15 is 0 Å². The molecule has 78 valence electrons. The average molecular weight is 223 g/mol. The van der Waals surface area contributed by atoms with Crippen LogP contribution < -0.4 is 0 Å². The molecule has 1 aromatic carbocycles. The number of hydrogen-bond acceptors (Lipinski definition) is 2. The molecule has 1 heterocycles. The molecule has 1 N–H and O–H groups in total. The Bertz CT molecular complexity index is 543. The molecule has 0 saturated carbocycles. The molecule has 0 spiro atoms. The number of nitrogens with zero attached hydrogens (tertiary/aromatic N) is 2. The van der Waals surface area contributed by atoms with Crippen LogP contribution in [0.4, 0.5) is 0 Å². The first-order valence-corrected chi connectivity index (χ1v) is 4.95. The third kappa shape index (κ3) is 1.59. The largest absolute Gasteiger partial charge is 0.411 e. The first-order chi connectivity index (χ1) is 7.13. The highest BCUT2D eigenvalue weighted by molar-refractivity contribution is 6.31. The van der Waals surface area contributed by atoms with Crippen molar-refractivity contribution in [2.75, 3.05) is 0 Å². The topological polar surface area (TPSA) is 37.5 Å². The van der Waals surface area contributed by atoms with Crippen molar-refractivity contribution in [2.24, 2.45) is 12.2 Å². The van der Waals surface area contributed by atoms with Gasteiger partial charge in [-0.3, -0.25) is 0 Å². The van der Waals surface area contributed by atoms with Gasteiger partial charge in [0.1, 0.15) is 0 Å². The summed E-state index contributed by atoms with van der Waals surface area (Å²) >= 11 is 5.92. The molecule has 15 heavy (non-hydrogen) atoms. The molecule has 0 aliphatic heterocycles. The molecule has 2 aromatic rings. The second kappa shape index (κ2) is 3.59. The summed E-state index contributed by atoms with van der Waals surface area (Å²) in [4.78, 5) is 0. The zero-order valence-electron chi connectivity index (χ0n) is 8.53. The fraction of sp³-hybridized carbons (Fsp3) is 0.182. The fourth-order valence-electron chi connectivity index (χ4n) is 1.70. The predicted octanol–water partition coefficient (Wildman–Crippen LogP) is 3.03. The number of fused-ring (bicyclic) bond motifs is 1. The molecular weight excluding hydrogens is 212 g/mol. The summed E-state index contributed by atoms with van der Waals surface area (Å²) in [6.45, 7) is 1.77. The van der Waals surface area contributed by atoms with E-state index in [2.05, 4.69) is 5.16 Å². The molecule has 0 amide bonds. The van der Waals surface area contributed by atoms with Crippen molar-refractivity contribution < 1.29 is 5.21 Å². The van der Waals surface area contributed by atoms with Gasteiger partial charge in [0, 0.05) is 34.7 Å². The minimum absolute atomic E-state index is 0.600. The van der Waals surface area contributed by atoms with Gasteiger partial charge in [0.2, 0.25) is 0 Å². The van der Waals surface area contributed by atoms with Gasteiger partial charge in [-0.05, 0) is 19.1 Å². The first kappa shape index (κ1) is 10.1. The van der Waals surface area contributed by atoms with Crippen LogP contribution >= 0.6 is 11.6 Å². The predicted molar refractivity (Wildman–Crippen MR) is 61.9 cm³/mol. The highest BCUT2D eigenvalue weighted by Crippen LogP contribution is 2.24. The van der Waals surface area contributed by atoms with Gasteiger partial charge in [-0.1, -0.05) is 22.8 Å². The Morgan fingerprint density at radius 2 is 2.20 bits per heavy atom. The Morgan fingerprint density at radius 3 is 2.87 bits per heavy atom. The summed E-state index contributed by atoms with van der Waals surface area (Å²) in [6, 6.07) is 5.66. The van der Waals surface area contributed by atoms with Crippen molar-refractivity contribution in [1.82, 2.24) is 4.57 Å². The van der Waals surface area contributed by atoms with E-state index in [-0.39, 0.29) is 0 Å². The Balaban J connectivity index is 2.79. The lowest BCUT2D eigenvalue weighted by Gasteiger charge is -1.96.